The summed E-state index contributed by atoms with van der Waals surface area (Å²) < 4.78 is 73.1. The number of aromatic nitrogens is 3. The molecule has 0 spiro atoms. The van der Waals surface area contributed by atoms with Gasteiger partial charge in [-0.3, -0.25) is 9.88 Å². The molecule has 0 aliphatic carbocycles. The Morgan fingerprint density at radius 3 is 2.50 bits per heavy atom. The van der Waals surface area contributed by atoms with Crippen LogP contribution >= 0.6 is 0 Å². The minimum atomic E-state index is -4.51. The van der Waals surface area contributed by atoms with Gasteiger partial charge in [-0.05, 0) is 44.1 Å². The van der Waals surface area contributed by atoms with Crippen molar-refractivity contribution >= 4 is 0 Å². The summed E-state index contributed by atoms with van der Waals surface area (Å²) in [5.41, 5.74) is 0.0278. The van der Waals surface area contributed by atoms with Crippen molar-refractivity contribution in [1.29, 1.82) is 0 Å². The van der Waals surface area contributed by atoms with E-state index in [4.69, 9.17) is 4.52 Å². The third kappa shape index (κ3) is 5.21. The van der Waals surface area contributed by atoms with E-state index in [-0.39, 0.29) is 17.5 Å². The third-order valence-corrected chi connectivity index (χ3v) is 5.27. The fourth-order valence-electron chi connectivity index (χ4n) is 3.64. The van der Waals surface area contributed by atoms with Crippen molar-refractivity contribution in [3.63, 3.8) is 0 Å². The van der Waals surface area contributed by atoms with Crippen molar-refractivity contribution in [2.24, 2.45) is 0 Å². The highest BCUT2D eigenvalue weighted by Crippen LogP contribution is 2.31. The Morgan fingerprint density at radius 2 is 1.84 bits per heavy atom. The number of pyridine rings is 1. The molecular formula is C21H19F5N4O2. The Morgan fingerprint density at radius 1 is 1.09 bits per heavy atom. The van der Waals surface area contributed by atoms with Crippen LogP contribution in [0.25, 0.3) is 11.4 Å². The Balaban J connectivity index is 1.36. The van der Waals surface area contributed by atoms with Gasteiger partial charge < -0.3 is 9.26 Å². The van der Waals surface area contributed by atoms with Crippen LogP contribution in [0.3, 0.4) is 0 Å². The van der Waals surface area contributed by atoms with Gasteiger partial charge in [0.25, 0.3) is 0 Å². The maximum atomic E-state index is 12.7. The van der Waals surface area contributed by atoms with Gasteiger partial charge in [0.05, 0.1) is 0 Å². The average molecular weight is 454 g/mol. The first kappa shape index (κ1) is 22.1. The topological polar surface area (TPSA) is 64.3 Å². The highest BCUT2D eigenvalue weighted by molar-refractivity contribution is 5.52. The number of nitrogens with zero attached hydrogens (tertiary/aromatic N) is 4. The second-order valence-corrected chi connectivity index (χ2v) is 7.42. The van der Waals surface area contributed by atoms with E-state index in [1.165, 1.54) is 12.1 Å². The van der Waals surface area contributed by atoms with Crippen LogP contribution in [0.2, 0.25) is 0 Å². The lowest BCUT2D eigenvalue weighted by Gasteiger charge is -2.30. The van der Waals surface area contributed by atoms with E-state index in [1.54, 1.807) is 18.2 Å². The molecule has 0 N–H and O–H groups in total. The van der Waals surface area contributed by atoms with Crippen LogP contribution in [0, 0.1) is 0 Å². The number of para-hydroxylation sites is 1. The van der Waals surface area contributed by atoms with Gasteiger partial charge in [-0.1, -0.05) is 23.4 Å². The molecule has 32 heavy (non-hydrogen) atoms. The minimum Gasteiger partial charge on any atom is -0.434 e. The molecule has 0 amide bonds. The molecule has 6 nitrogen and oxygen atoms in total. The maximum absolute atomic E-state index is 12.7. The number of rotatable bonds is 6. The van der Waals surface area contributed by atoms with Gasteiger partial charge in [-0.25, -0.2) is 0 Å². The number of halogens is 5. The lowest BCUT2D eigenvalue weighted by molar-refractivity contribution is -0.141. The molecule has 3 aromatic rings. The SMILES string of the molecule is FC(F)Oc1ccccc1CN1CCC(c2nc(-c3ccc(C(F)(F)F)nc3)no2)CC1. The minimum absolute atomic E-state index is 0.00228. The number of likely N-dealkylation sites (tertiary alicyclic amines) is 1. The van der Waals surface area contributed by atoms with Gasteiger partial charge in [0.1, 0.15) is 11.4 Å². The van der Waals surface area contributed by atoms with Crippen LogP contribution in [0.5, 0.6) is 5.75 Å². The van der Waals surface area contributed by atoms with E-state index in [1.807, 2.05) is 0 Å². The third-order valence-electron chi connectivity index (χ3n) is 5.27. The van der Waals surface area contributed by atoms with Gasteiger partial charge >= 0.3 is 12.8 Å². The summed E-state index contributed by atoms with van der Waals surface area (Å²) in [6.07, 6.45) is -2.02. The molecule has 1 fully saturated rings. The van der Waals surface area contributed by atoms with Crippen molar-refractivity contribution in [2.45, 2.75) is 38.1 Å². The van der Waals surface area contributed by atoms with Crippen molar-refractivity contribution in [3.8, 4) is 17.1 Å². The fourth-order valence-corrected chi connectivity index (χ4v) is 3.64. The molecule has 11 heteroatoms. The molecule has 0 radical (unpaired) electrons. The van der Waals surface area contributed by atoms with Gasteiger partial charge in [0.15, 0.2) is 0 Å². The molecule has 4 rings (SSSR count). The first-order valence-electron chi connectivity index (χ1n) is 9.92. The summed E-state index contributed by atoms with van der Waals surface area (Å²) in [5, 5.41) is 3.87. The van der Waals surface area contributed by atoms with Gasteiger partial charge in [-0.15, -0.1) is 0 Å². The Bertz CT molecular complexity index is 1030. The van der Waals surface area contributed by atoms with E-state index in [2.05, 4.69) is 24.8 Å². The summed E-state index contributed by atoms with van der Waals surface area (Å²) >= 11 is 0. The highest BCUT2D eigenvalue weighted by Gasteiger charge is 2.32. The van der Waals surface area contributed by atoms with E-state index < -0.39 is 18.5 Å². The first-order valence-corrected chi connectivity index (χ1v) is 9.92. The van der Waals surface area contributed by atoms with Gasteiger partial charge in [0, 0.05) is 29.8 Å². The van der Waals surface area contributed by atoms with Crippen LogP contribution in [0.15, 0.2) is 47.1 Å². The quantitative estimate of drug-likeness (QED) is 0.481. The summed E-state index contributed by atoms with van der Waals surface area (Å²) in [5.74, 6) is 0.765. The zero-order valence-electron chi connectivity index (χ0n) is 16.7. The number of ether oxygens (including phenoxy) is 1. The van der Waals surface area contributed by atoms with Crippen LogP contribution in [-0.2, 0) is 12.7 Å². The number of alkyl halides is 5. The van der Waals surface area contributed by atoms with E-state index in [0.717, 1.165) is 12.3 Å². The molecule has 1 aliphatic heterocycles. The summed E-state index contributed by atoms with van der Waals surface area (Å²) in [6.45, 7) is -1.03. The Kier molecular flexibility index (Phi) is 6.35. The normalized spacial score (nSPS) is 15.9. The van der Waals surface area contributed by atoms with Gasteiger partial charge in [0.2, 0.25) is 11.7 Å². The summed E-state index contributed by atoms with van der Waals surface area (Å²) in [6, 6.07) is 8.82. The molecule has 0 saturated carbocycles. The van der Waals surface area contributed by atoms with Crippen molar-refractivity contribution < 1.29 is 31.2 Å². The molecule has 0 atom stereocenters. The molecule has 1 aromatic carbocycles. The molecule has 3 heterocycles. The van der Waals surface area contributed by atoms with Gasteiger partial charge in [-0.2, -0.15) is 26.9 Å². The second-order valence-electron chi connectivity index (χ2n) is 7.42. The van der Waals surface area contributed by atoms with Crippen LogP contribution in [0.4, 0.5) is 22.0 Å². The highest BCUT2D eigenvalue weighted by atomic mass is 19.4. The van der Waals surface area contributed by atoms with E-state index in [9.17, 15) is 22.0 Å². The maximum Gasteiger partial charge on any atom is 0.433 e. The van der Waals surface area contributed by atoms with Crippen LogP contribution in [0.1, 0.15) is 35.9 Å². The predicted octanol–water partition coefficient (Wildman–Crippen LogP) is 5.13. The average Bonchev–Trinajstić information content (AvgIpc) is 3.25. The molecule has 0 bridgehead atoms. The molecule has 2 aromatic heterocycles. The van der Waals surface area contributed by atoms with E-state index >= 15 is 0 Å². The van der Waals surface area contributed by atoms with Crippen molar-refractivity contribution in [3.05, 3.63) is 59.7 Å². The molecule has 0 unspecified atom stereocenters. The van der Waals surface area contributed by atoms with Crippen molar-refractivity contribution in [1.82, 2.24) is 20.0 Å². The lowest BCUT2D eigenvalue weighted by Crippen LogP contribution is -2.32. The zero-order valence-corrected chi connectivity index (χ0v) is 16.7. The zero-order chi connectivity index (χ0) is 22.7. The Hall–Kier alpha value is -3.08. The van der Waals surface area contributed by atoms with Crippen LogP contribution < -0.4 is 4.74 Å². The lowest BCUT2D eigenvalue weighted by atomic mass is 9.96. The molecular weight excluding hydrogens is 435 g/mol. The molecule has 170 valence electrons. The number of benzene rings is 1. The van der Waals surface area contributed by atoms with Crippen molar-refractivity contribution in [2.75, 3.05) is 13.1 Å². The fraction of sp³-hybridized carbons (Fsp3) is 0.381. The van der Waals surface area contributed by atoms with E-state index in [0.29, 0.717) is 49.5 Å². The molecule has 1 saturated heterocycles. The summed E-state index contributed by atoms with van der Waals surface area (Å²) in [7, 11) is 0. The number of piperidine rings is 1. The largest absolute Gasteiger partial charge is 0.434 e. The first-order chi connectivity index (χ1) is 15.3. The molecule has 1 aliphatic rings. The monoisotopic (exact) mass is 454 g/mol. The van der Waals surface area contributed by atoms with Crippen LogP contribution in [-0.4, -0.2) is 39.7 Å². The Labute approximate surface area is 180 Å². The predicted molar refractivity (Wildman–Crippen MR) is 103 cm³/mol. The number of hydrogen-bond donors (Lipinski definition) is 0. The second kappa shape index (κ2) is 9.19. The standard InChI is InChI=1S/C21H19F5N4O2/c22-20(23)31-16-4-2-1-3-15(16)12-30-9-7-13(8-10-30)19-28-18(29-32-19)14-5-6-17(27-11-14)21(24,25)26/h1-6,11,13,20H,7-10,12H2. The smallest absolute Gasteiger partial charge is 0.433 e. The number of hydrogen-bond acceptors (Lipinski definition) is 6. The summed E-state index contributed by atoms with van der Waals surface area (Å²) in [4.78, 5) is 9.87.